The standard InChI is InChI=1S/C26H49NO4/c1-4-7-9-11-12-13-14-15-16-17-18-20-22-30-25(28)24(21-6-3)27-26(29)31-23-19-10-8-5-2/h6,24H,3-5,7-23H2,1-2H3,(H,27,29). The topological polar surface area (TPSA) is 64.6 Å². The van der Waals surface area contributed by atoms with Crippen molar-refractivity contribution in [2.75, 3.05) is 13.2 Å². The number of nitrogens with one attached hydrogen (secondary N) is 1. The van der Waals surface area contributed by atoms with Crippen molar-refractivity contribution in [1.29, 1.82) is 0 Å². The minimum absolute atomic E-state index is 0.336. The van der Waals surface area contributed by atoms with Crippen molar-refractivity contribution in [1.82, 2.24) is 5.32 Å². The van der Waals surface area contributed by atoms with Gasteiger partial charge in [0.25, 0.3) is 0 Å². The minimum Gasteiger partial charge on any atom is -0.464 e. The van der Waals surface area contributed by atoms with Crippen molar-refractivity contribution in [3.8, 4) is 0 Å². The molecule has 5 heteroatoms. The van der Waals surface area contributed by atoms with Crippen LogP contribution in [0.5, 0.6) is 0 Å². The van der Waals surface area contributed by atoms with Gasteiger partial charge < -0.3 is 14.8 Å². The molecule has 0 saturated heterocycles. The van der Waals surface area contributed by atoms with E-state index in [0.717, 1.165) is 38.5 Å². The van der Waals surface area contributed by atoms with Gasteiger partial charge in [0.1, 0.15) is 6.04 Å². The number of ether oxygens (including phenoxy) is 2. The Labute approximate surface area is 191 Å². The molecule has 0 aromatic rings. The Morgan fingerprint density at radius 3 is 1.61 bits per heavy atom. The molecular weight excluding hydrogens is 390 g/mol. The molecule has 0 aliphatic rings. The predicted octanol–water partition coefficient (Wildman–Crippen LogP) is 7.48. The van der Waals surface area contributed by atoms with E-state index in [2.05, 4.69) is 25.7 Å². The van der Waals surface area contributed by atoms with E-state index in [1.807, 2.05) is 0 Å². The summed E-state index contributed by atoms with van der Waals surface area (Å²) < 4.78 is 10.5. The monoisotopic (exact) mass is 439 g/mol. The van der Waals surface area contributed by atoms with Crippen molar-refractivity contribution in [3.63, 3.8) is 0 Å². The number of hydrogen-bond acceptors (Lipinski definition) is 4. The Hall–Kier alpha value is -1.52. The molecule has 5 nitrogen and oxygen atoms in total. The summed E-state index contributed by atoms with van der Waals surface area (Å²) in [4.78, 5) is 24.1. The largest absolute Gasteiger partial charge is 0.464 e. The van der Waals surface area contributed by atoms with Crippen LogP contribution in [0.2, 0.25) is 0 Å². The molecule has 1 N–H and O–H groups in total. The van der Waals surface area contributed by atoms with Gasteiger partial charge in [0.15, 0.2) is 0 Å². The van der Waals surface area contributed by atoms with Gasteiger partial charge in [-0.3, -0.25) is 0 Å². The lowest BCUT2D eigenvalue weighted by molar-refractivity contribution is -0.146. The first-order chi connectivity index (χ1) is 15.2. The molecule has 1 atom stereocenters. The molecule has 0 aliphatic heterocycles. The quantitative estimate of drug-likeness (QED) is 0.108. The third-order valence-corrected chi connectivity index (χ3v) is 5.45. The Morgan fingerprint density at radius 2 is 1.13 bits per heavy atom. The van der Waals surface area contributed by atoms with E-state index in [1.165, 1.54) is 64.2 Å². The number of alkyl carbamates (subject to hydrolysis) is 1. The average molecular weight is 440 g/mol. The Morgan fingerprint density at radius 1 is 0.710 bits per heavy atom. The van der Waals surface area contributed by atoms with Crippen molar-refractivity contribution >= 4 is 12.1 Å². The summed E-state index contributed by atoms with van der Waals surface area (Å²) in [5.41, 5.74) is 0. The molecule has 0 saturated carbocycles. The fourth-order valence-corrected chi connectivity index (χ4v) is 3.47. The van der Waals surface area contributed by atoms with Crippen LogP contribution in [0.4, 0.5) is 4.79 Å². The highest BCUT2D eigenvalue weighted by atomic mass is 16.6. The Balaban J connectivity index is 3.72. The van der Waals surface area contributed by atoms with E-state index in [0.29, 0.717) is 19.6 Å². The van der Waals surface area contributed by atoms with Gasteiger partial charge in [-0.2, -0.15) is 0 Å². The molecule has 0 aromatic carbocycles. The average Bonchev–Trinajstić information content (AvgIpc) is 2.76. The number of esters is 1. The molecule has 1 unspecified atom stereocenters. The van der Waals surface area contributed by atoms with Crippen LogP contribution in [0, 0.1) is 0 Å². The number of hydrogen-bond donors (Lipinski definition) is 1. The summed E-state index contributed by atoms with van der Waals surface area (Å²) in [6.07, 6.45) is 20.8. The van der Waals surface area contributed by atoms with Gasteiger partial charge >= 0.3 is 12.1 Å². The lowest BCUT2D eigenvalue weighted by Crippen LogP contribution is -2.42. The number of unbranched alkanes of at least 4 members (excludes halogenated alkanes) is 14. The summed E-state index contributed by atoms with van der Waals surface area (Å²) in [5.74, 6) is -0.411. The number of rotatable bonds is 22. The Bertz CT molecular complexity index is 439. The molecule has 0 fully saturated rings. The highest BCUT2D eigenvalue weighted by Gasteiger charge is 2.21. The zero-order chi connectivity index (χ0) is 23.0. The van der Waals surface area contributed by atoms with E-state index in [-0.39, 0.29) is 0 Å². The first-order valence-corrected chi connectivity index (χ1v) is 12.9. The number of carbonyl (C=O) groups is 2. The van der Waals surface area contributed by atoms with E-state index in [1.54, 1.807) is 6.08 Å². The van der Waals surface area contributed by atoms with Crippen molar-refractivity contribution < 1.29 is 19.1 Å². The molecule has 1 amide bonds. The molecule has 0 aliphatic carbocycles. The fraction of sp³-hybridized carbons (Fsp3) is 0.846. The first-order valence-electron chi connectivity index (χ1n) is 12.9. The van der Waals surface area contributed by atoms with Gasteiger partial charge in [-0.1, -0.05) is 110 Å². The lowest BCUT2D eigenvalue weighted by atomic mass is 10.1. The molecule has 0 aromatic heterocycles. The third kappa shape index (κ3) is 20.2. The van der Waals surface area contributed by atoms with Crippen LogP contribution in [-0.2, 0) is 14.3 Å². The lowest BCUT2D eigenvalue weighted by Gasteiger charge is -2.16. The van der Waals surface area contributed by atoms with Crippen LogP contribution in [0.1, 0.15) is 123 Å². The second-order valence-electron chi connectivity index (χ2n) is 8.47. The molecule has 182 valence electrons. The minimum atomic E-state index is -0.724. The number of carbonyl (C=O) groups excluding carboxylic acids is 2. The van der Waals surface area contributed by atoms with Crippen LogP contribution in [0.3, 0.4) is 0 Å². The summed E-state index contributed by atoms with van der Waals surface area (Å²) in [6, 6.07) is -0.724. The van der Waals surface area contributed by atoms with Gasteiger partial charge in [-0.15, -0.1) is 6.58 Å². The zero-order valence-corrected chi connectivity index (χ0v) is 20.4. The van der Waals surface area contributed by atoms with Crippen LogP contribution in [-0.4, -0.2) is 31.3 Å². The molecule has 0 spiro atoms. The van der Waals surface area contributed by atoms with Gasteiger partial charge in [0, 0.05) is 0 Å². The van der Waals surface area contributed by atoms with E-state index >= 15 is 0 Å². The maximum Gasteiger partial charge on any atom is 0.407 e. The van der Waals surface area contributed by atoms with Crippen LogP contribution in [0.15, 0.2) is 12.7 Å². The maximum absolute atomic E-state index is 12.2. The number of amides is 1. The molecule has 31 heavy (non-hydrogen) atoms. The van der Waals surface area contributed by atoms with Crippen LogP contribution < -0.4 is 5.32 Å². The third-order valence-electron chi connectivity index (χ3n) is 5.45. The van der Waals surface area contributed by atoms with Crippen molar-refractivity contribution in [2.24, 2.45) is 0 Å². The van der Waals surface area contributed by atoms with E-state index in [9.17, 15) is 9.59 Å². The van der Waals surface area contributed by atoms with Crippen LogP contribution in [0.25, 0.3) is 0 Å². The van der Waals surface area contributed by atoms with Gasteiger partial charge in [0.2, 0.25) is 0 Å². The fourth-order valence-electron chi connectivity index (χ4n) is 3.47. The molecule has 0 rings (SSSR count). The molecule has 0 radical (unpaired) electrons. The SMILES string of the molecule is C=CCC(NC(=O)OCCCCCC)C(=O)OCCCCCCCCCCCCCC. The summed E-state index contributed by atoms with van der Waals surface area (Å²) in [6.45, 7) is 8.82. The van der Waals surface area contributed by atoms with Gasteiger partial charge in [-0.05, 0) is 19.3 Å². The second kappa shape index (κ2) is 23.1. The van der Waals surface area contributed by atoms with E-state index in [4.69, 9.17) is 9.47 Å². The van der Waals surface area contributed by atoms with Crippen molar-refractivity contribution in [3.05, 3.63) is 12.7 Å². The molecule has 0 bridgehead atoms. The smallest absolute Gasteiger partial charge is 0.407 e. The Kier molecular flexibility index (Phi) is 22.0. The summed E-state index contributed by atoms with van der Waals surface area (Å²) in [5, 5.41) is 2.60. The predicted molar refractivity (Wildman–Crippen MR) is 129 cm³/mol. The van der Waals surface area contributed by atoms with Crippen molar-refractivity contribution in [2.45, 2.75) is 129 Å². The summed E-state index contributed by atoms with van der Waals surface area (Å²) >= 11 is 0. The van der Waals surface area contributed by atoms with Crippen LogP contribution >= 0.6 is 0 Å². The normalized spacial score (nSPS) is 11.7. The highest BCUT2D eigenvalue weighted by Crippen LogP contribution is 2.12. The second-order valence-corrected chi connectivity index (χ2v) is 8.47. The van der Waals surface area contributed by atoms with Gasteiger partial charge in [0.05, 0.1) is 13.2 Å². The molecular formula is C26H49NO4. The first kappa shape index (κ1) is 29.5. The maximum atomic E-state index is 12.2. The molecule has 0 heterocycles. The van der Waals surface area contributed by atoms with Gasteiger partial charge in [-0.25, -0.2) is 9.59 Å². The van der Waals surface area contributed by atoms with E-state index < -0.39 is 18.1 Å². The zero-order valence-electron chi connectivity index (χ0n) is 20.4. The summed E-state index contributed by atoms with van der Waals surface area (Å²) in [7, 11) is 0. The highest BCUT2D eigenvalue weighted by molar-refractivity contribution is 5.81.